The molecule has 0 radical (unpaired) electrons. The summed E-state index contributed by atoms with van der Waals surface area (Å²) in [7, 11) is 1.64. The molecule has 7 heteroatoms. The molecule has 0 aromatic carbocycles. The number of hydrogen-bond acceptors (Lipinski definition) is 7. The lowest BCUT2D eigenvalue weighted by Crippen LogP contribution is -2.72. The highest BCUT2D eigenvalue weighted by molar-refractivity contribution is 5.92. The van der Waals surface area contributed by atoms with Gasteiger partial charge >= 0.3 is 5.97 Å². The summed E-state index contributed by atoms with van der Waals surface area (Å²) in [5.74, 6) is -1.03. The van der Waals surface area contributed by atoms with Crippen molar-refractivity contribution in [2.75, 3.05) is 13.7 Å². The van der Waals surface area contributed by atoms with Gasteiger partial charge in [-0.15, -0.1) is 0 Å². The van der Waals surface area contributed by atoms with Gasteiger partial charge < -0.3 is 19.7 Å². The minimum Gasteiger partial charge on any atom is -0.458 e. The highest BCUT2D eigenvalue weighted by atomic mass is 16.5. The molecule has 4 aliphatic rings. The van der Waals surface area contributed by atoms with E-state index in [2.05, 4.69) is 6.92 Å². The standard InChI is InChI=1S/C24H34O7/c1-14(25)31-13-20(28)23(29)10-8-17-18-6-5-15-11-16(26)7-9-21(15,2)24(18,30-4)19(27)12-22(17,23)3/h11,17-19,27,29H,5-10,12-13H2,1-4H3/t17-,18-,19+,21-,22-,23+,24-/m0/s1. The van der Waals surface area contributed by atoms with Gasteiger partial charge in [-0.2, -0.15) is 0 Å². The summed E-state index contributed by atoms with van der Waals surface area (Å²) in [5.41, 5.74) is -2.80. The monoisotopic (exact) mass is 434 g/mol. The number of hydrogen-bond donors (Lipinski definition) is 2. The second kappa shape index (κ2) is 7.22. The molecule has 7 atom stereocenters. The normalized spacial score (nSPS) is 46.5. The number of carbonyl (C=O) groups excluding carboxylic acids is 3. The van der Waals surface area contributed by atoms with Crippen molar-refractivity contribution in [1.82, 2.24) is 0 Å². The van der Waals surface area contributed by atoms with Crippen LogP contribution in [-0.2, 0) is 23.9 Å². The number of aliphatic hydroxyl groups is 2. The minimum absolute atomic E-state index is 0.0295. The highest BCUT2D eigenvalue weighted by Gasteiger charge is 2.74. The summed E-state index contributed by atoms with van der Waals surface area (Å²) in [4.78, 5) is 36.3. The van der Waals surface area contributed by atoms with Crippen molar-refractivity contribution >= 4 is 17.5 Å². The van der Waals surface area contributed by atoms with Gasteiger partial charge in [-0.25, -0.2) is 0 Å². The molecular formula is C24H34O7. The SMILES string of the molecule is CO[C@]12[C@H](O)C[C@@]3(C)[C@@H](CC[C@@]3(O)C(=O)COC(C)=O)[C@@H]1CCC1=CC(=O)CC[C@@]12C. The van der Waals surface area contributed by atoms with Gasteiger partial charge in [-0.3, -0.25) is 14.4 Å². The summed E-state index contributed by atoms with van der Waals surface area (Å²) < 4.78 is 11.1. The first kappa shape index (κ1) is 22.6. The molecule has 0 spiro atoms. The van der Waals surface area contributed by atoms with Crippen LogP contribution >= 0.6 is 0 Å². The fraction of sp³-hybridized carbons (Fsp3) is 0.792. The van der Waals surface area contributed by atoms with Crippen LogP contribution in [0.5, 0.6) is 0 Å². The molecule has 0 aromatic rings. The van der Waals surface area contributed by atoms with Crippen LogP contribution in [0.2, 0.25) is 0 Å². The lowest BCUT2D eigenvalue weighted by molar-refractivity contribution is -0.270. The maximum absolute atomic E-state index is 13.0. The Labute approximate surface area is 183 Å². The maximum atomic E-state index is 13.0. The van der Waals surface area contributed by atoms with Gasteiger partial charge in [-0.1, -0.05) is 19.4 Å². The molecule has 3 saturated carbocycles. The largest absolute Gasteiger partial charge is 0.458 e. The quantitative estimate of drug-likeness (QED) is 0.652. The average molecular weight is 435 g/mol. The second-order valence-electron chi connectivity index (χ2n) is 10.5. The van der Waals surface area contributed by atoms with E-state index in [4.69, 9.17) is 9.47 Å². The van der Waals surface area contributed by atoms with Crippen LogP contribution in [0.1, 0.15) is 65.7 Å². The number of carbonyl (C=O) groups is 3. The molecule has 0 aromatic heterocycles. The molecule has 31 heavy (non-hydrogen) atoms. The number of methoxy groups -OCH3 is 1. The minimum atomic E-state index is -1.66. The van der Waals surface area contributed by atoms with E-state index in [1.54, 1.807) is 13.2 Å². The van der Waals surface area contributed by atoms with Gasteiger partial charge in [-0.05, 0) is 56.4 Å². The van der Waals surface area contributed by atoms with Gasteiger partial charge in [0.15, 0.2) is 12.4 Å². The second-order valence-corrected chi connectivity index (χ2v) is 10.5. The third kappa shape index (κ3) is 2.79. The van der Waals surface area contributed by atoms with E-state index in [0.717, 1.165) is 18.4 Å². The summed E-state index contributed by atoms with van der Waals surface area (Å²) in [6.45, 7) is 4.75. The fourth-order valence-electron chi connectivity index (χ4n) is 7.85. The fourth-order valence-corrected chi connectivity index (χ4v) is 7.85. The van der Waals surface area contributed by atoms with E-state index < -0.39 is 46.5 Å². The van der Waals surface area contributed by atoms with E-state index in [9.17, 15) is 24.6 Å². The Balaban J connectivity index is 1.74. The van der Waals surface area contributed by atoms with E-state index in [-0.39, 0.29) is 30.5 Å². The third-order valence-corrected chi connectivity index (χ3v) is 9.44. The zero-order chi connectivity index (χ0) is 22.8. The topological polar surface area (TPSA) is 110 Å². The van der Waals surface area contributed by atoms with Crippen LogP contribution in [-0.4, -0.2) is 58.8 Å². The molecule has 0 saturated heterocycles. The Kier molecular flexibility index (Phi) is 5.27. The van der Waals surface area contributed by atoms with E-state index in [1.165, 1.54) is 6.92 Å². The van der Waals surface area contributed by atoms with Crippen LogP contribution in [0, 0.1) is 22.7 Å². The van der Waals surface area contributed by atoms with Gasteiger partial charge in [0.1, 0.15) is 11.2 Å². The molecule has 0 amide bonds. The molecule has 2 N–H and O–H groups in total. The van der Waals surface area contributed by atoms with Gasteiger partial charge in [0.25, 0.3) is 0 Å². The van der Waals surface area contributed by atoms with Crippen LogP contribution in [0.25, 0.3) is 0 Å². The summed E-state index contributed by atoms with van der Waals surface area (Å²) in [6, 6.07) is 0. The smallest absolute Gasteiger partial charge is 0.303 e. The Morgan fingerprint density at radius 2 is 1.87 bits per heavy atom. The lowest BCUT2D eigenvalue weighted by Gasteiger charge is -2.66. The van der Waals surface area contributed by atoms with E-state index >= 15 is 0 Å². The number of esters is 1. The van der Waals surface area contributed by atoms with Gasteiger partial charge in [0.05, 0.1) is 6.10 Å². The van der Waals surface area contributed by atoms with Crippen molar-refractivity contribution < 1.29 is 34.1 Å². The van der Waals surface area contributed by atoms with E-state index in [1.807, 2.05) is 6.92 Å². The molecule has 4 rings (SSSR count). The van der Waals surface area contributed by atoms with Crippen LogP contribution < -0.4 is 0 Å². The molecule has 7 nitrogen and oxygen atoms in total. The Morgan fingerprint density at radius 3 is 2.52 bits per heavy atom. The molecule has 0 bridgehead atoms. The Bertz CT molecular complexity index is 849. The number of ether oxygens (including phenoxy) is 2. The molecule has 172 valence electrons. The van der Waals surface area contributed by atoms with Gasteiger partial charge in [0, 0.05) is 31.3 Å². The summed E-state index contributed by atoms with van der Waals surface area (Å²) in [6.07, 6.45) is 4.48. The predicted molar refractivity (Wildman–Crippen MR) is 111 cm³/mol. The van der Waals surface area contributed by atoms with Crippen molar-refractivity contribution in [1.29, 1.82) is 0 Å². The molecule has 3 fully saturated rings. The third-order valence-electron chi connectivity index (χ3n) is 9.44. The highest BCUT2D eigenvalue weighted by Crippen LogP contribution is 2.70. The Hall–Kier alpha value is -1.57. The van der Waals surface area contributed by atoms with Crippen LogP contribution in [0.3, 0.4) is 0 Å². The number of fused-ring (bicyclic) bond motifs is 5. The first-order valence-corrected chi connectivity index (χ1v) is 11.3. The van der Waals surface area contributed by atoms with Crippen LogP contribution in [0.15, 0.2) is 11.6 Å². The van der Waals surface area contributed by atoms with Crippen molar-refractivity contribution in [3.8, 4) is 0 Å². The number of Topliss-reactive ketones (excluding diaryl/α,β-unsaturated/α-hetero) is 1. The number of aliphatic hydroxyl groups excluding tert-OH is 1. The molecule has 0 aliphatic heterocycles. The Morgan fingerprint density at radius 1 is 1.16 bits per heavy atom. The molecule has 0 unspecified atom stereocenters. The summed E-state index contributed by atoms with van der Waals surface area (Å²) >= 11 is 0. The van der Waals surface area contributed by atoms with E-state index in [0.29, 0.717) is 19.3 Å². The lowest BCUT2D eigenvalue weighted by atomic mass is 9.43. The van der Waals surface area contributed by atoms with Gasteiger partial charge in [0.2, 0.25) is 5.78 Å². The van der Waals surface area contributed by atoms with Crippen molar-refractivity contribution in [2.24, 2.45) is 22.7 Å². The van der Waals surface area contributed by atoms with Crippen LogP contribution in [0.4, 0.5) is 0 Å². The number of ketones is 2. The predicted octanol–water partition coefficient (Wildman–Crippen LogP) is 2.12. The zero-order valence-corrected chi connectivity index (χ0v) is 18.9. The van der Waals surface area contributed by atoms with Crippen molar-refractivity contribution in [3.05, 3.63) is 11.6 Å². The van der Waals surface area contributed by atoms with Crippen molar-refractivity contribution in [2.45, 2.75) is 83.0 Å². The molecule has 0 heterocycles. The molecule has 4 aliphatic carbocycles. The zero-order valence-electron chi connectivity index (χ0n) is 18.9. The van der Waals surface area contributed by atoms with Crippen molar-refractivity contribution in [3.63, 3.8) is 0 Å². The average Bonchev–Trinajstić information content (AvgIpc) is 2.97. The summed E-state index contributed by atoms with van der Waals surface area (Å²) in [5, 5.41) is 23.2. The first-order valence-electron chi connectivity index (χ1n) is 11.3. The first-order chi connectivity index (χ1) is 14.5. The number of rotatable bonds is 4. The molecular weight excluding hydrogens is 400 g/mol. The maximum Gasteiger partial charge on any atom is 0.303 e.